The fraction of sp³-hybridized carbons (Fsp3) is 0.435. The van der Waals surface area contributed by atoms with Crippen LogP contribution in [0.25, 0.3) is 0 Å². The summed E-state index contributed by atoms with van der Waals surface area (Å²) in [6.45, 7) is 6.43. The van der Waals surface area contributed by atoms with E-state index in [4.69, 9.17) is 4.74 Å². The number of rotatable bonds is 9. The highest BCUT2D eigenvalue weighted by atomic mass is 16.5. The number of imide groups is 1. The van der Waals surface area contributed by atoms with Crippen LogP contribution in [0, 0.1) is 13.8 Å². The van der Waals surface area contributed by atoms with Crippen LogP contribution in [0.4, 0.5) is 4.79 Å². The maximum Gasteiger partial charge on any atom is 0.325 e. The maximum atomic E-state index is 13.0. The fourth-order valence-electron chi connectivity index (χ4n) is 3.94. The van der Waals surface area contributed by atoms with Gasteiger partial charge in [0.25, 0.3) is 5.91 Å². The first kappa shape index (κ1) is 21.8. The van der Waals surface area contributed by atoms with Crippen molar-refractivity contribution in [2.24, 2.45) is 0 Å². The van der Waals surface area contributed by atoms with Gasteiger partial charge in [-0.25, -0.2) is 4.79 Å². The van der Waals surface area contributed by atoms with Gasteiger partial charge in [0.2, 0.25) is 0 Å². The van der Waals surface area contributed by atoms with Crippen molar-refractivity contribution in [3.05, 3.63) is 58.9 Å². The van der Waals surface area contributed by atoms with Crippen LogP contribution >= 0.6 is 0 Å². The Kier molecular flexibility index (Phi) is 6.41. The number of urea groups is 1. The van der Waals surface area contributed by atoms with Crippen molar-refractivity contribution < 1.29 is 19.1 Å². The summed E-state index contributed by atoms with van der Waals surface area (Å²) in [6, 6.07) is 11.1. The molecule has 3 rings (SSSR count). The molecule has 0 bridgehead atoms. The number of ether oxygens (including phenoxy) is 1. The molecule has 1 aromatic heterocycles. The van der Waals surface area contributed by atoms with Crippen molar-refractivity contribution in [1.29, 1.82) is 0 Å². The summed E-state index contributed by atoms with van der Waals surface area (Å²) in [5.41, 5.74) is 2.37. The lowest BCUT2D eigenvalue weighted by Crippen LogP contribution is -2.44. The highest BCUT2D eigenvalue weighted by molar-refractivity contribution is 6.11. The van der Waals surface area contributed by atoms with Gasteiger partial charge in [0.1, 0.15) is 5.54 Å². The Labute approximate surface area is 177 Å². The molecule has 2 heterocycles. The summed E-state index contributed by atoms with van der Waals surface area (Å²) in [7, 11) is 1.63. The molecule has 160 valence electrons. The lowest BCUT2D eigenvalue weighted by Gasteiger charge is -2.21. The first-order valence-corrected chi connectivity index (χ1v) is 10.1. The molecule has 1 aliphatic heterocycles. The molecule has 7 nitrogen and oxygen atoms in total. The Balaban J connectivity index is 1.70. The zero-order valence-electron chi connectivity index (χ0n) is 18.0. The minimum Gasteiger partial charge on any atom is -0.383 e. The van der Waals surface area contributed by atoms with Crippen LogP contribution in [0.3, 0.4) is 0 Å². The number of hydrogen-bond donors (Lipinski definition) is 1. The number of Topliss-reactive ketones (excluding diaryl/α,β-unsaturated/α-hetero) is 1. The summed E-state index contributed by atoms with van der Waals surface area (Å²) in [5, 5.41) is 2.78. The van der Waals surface area contributed by atoms with Gasteiger partial charge < -0.3 is 14.6 Å². The normalized spacial score (nSPS) is 18.7. The summed E-state index contributed by atoms with van der Waals surface area (Å²) in [6.07, 6.45) is 1.13. The second-order valence-corrected chi connectivity index (χ2v) is 7.99. The largest absolute Gasteiger partial charge is 0.383 e. The number of methoxy groups -OCH3 is 1. The van der Waals surface area contributed by atoms with Crippen LogP contribution in [0.15, 0.2) is 36.4 Å². The van der Waals surface area contributed by atoms with E-state index in [0.29, 0.717) is 31.6 Å². The molecule has 0 radical (unpaired) electrons. The fourth-order valence-corrected chi connectivity index (χ4v) is 3.94. The van der Waals surface area contributed by atoms with Gasteiger partial charge in [0, 0.05) is 30.6 Å². The van der Waals surface area contributed by atoms with Crippen LogP contribution in [0.5, 0.6) is 0 Å². The number of nitrogens with zero attached hydrogens (tertiary/aromatic N) is 2. The molecule has 1 saturated heterocycles. The number of amides is 3. The summed E-state index contributed by atoms with van der Waals surface area (Å²) < 4.78 is 7.13. The van der Waals surface area contributed by atoms with Gasteiger partial charge in [-0.05, 0) is 45.2 Å². The van der Waals surface area contributed by atoms with E-state index in [1.165, 1.54) is 0 Å². The smallest absolute Gasteiger partial charge is 0.325 e. The van der Waals surface area contributed by atoms with Crippen molar-refractivity contribution >= 4 is 17.7 Å². The Morgan fingerprint density at radius 3 is 2.53 bits per heavy atom. The van der Waals surface area contributed by atoms with Gasteiger partial charge in [-0.1, -0.05) is 30.3 Å². The number of aryl methyl sites for hydroxylation is 2. The molecule has 0 saturated carbocycles. The molecule has 0 spiro atoms. The van der Waals surface area contributed by atoms with Gasteiger partial charge in [-0.3, -0.25) is 14.5 Å². The van der Waals surface area contributed by atoms with Gasteiger partial charge in [0.05, 0.1) is 13.2 Å². The van der Waals surface area contributed by atoms with E-state index >= 15 is 0 Å². The Bertz CT molecular complexity index is 951. The number of hydrogen-bond acceptors (Lipinski definition) is 4. The molecule has 1 aromatic carbocycles. The average molecular weight is 412 g/mol. The minimum absolute atomic E-state index is 0.248. The second kappa shape index (κ2) is 8.83. The molecule has 0 unspecified atom stereocenters. The van der Waals surface area contributed by atoms with Gasteiger partial charge >= 0.3 is 6.03 Å². The van der Waals surface area contributed by atoms with Crippen molar-refractivity contribution in [1.82, 2.24) is 14.8 Å². The quantitative estimate of drug-likeness (QED) is 0.508. The molecule has 1 aliphatic rings. The number of aromatic nitrogens is 1. The summed E-state index contributed by atoms with van der Waals surface area (Å²) in [4.78, 5) is 39.4. The zero-order valence-corrected chi connectivity index (χ0v) is 18.0. The zero-order chi connectivity index (χ0) is 21.9. The van der Waals surface area contributed by atoms with E-state index in [9.17, 15) is 14.4 Å². The van der Waals surface area contributed by atoms with E-state index < -0.39 is 11.6 Å². The predicted octanol–water partition coefficient (Wildman–Crippen LogP) is 2.88. The van der Waals surface area contributed by atoms with Crippen LogP contribution < -0.4 is 5.32 Å². The van der Waals surface area contributed by atoms with Crippen molar-refractivity contribution in [3.63, 3.8) is 0 Å². The molecule has 3 amide bonds. The van der Waals surface area contributed by atoms with Crippen LogP contribution in [0.2, 0.25) is 0 Å². The van der Waals surface area contributed by atoms with Crippen molar-refractivity contribution in [2.75, 3.05) is 20.3 Å². The van der Waals surface area contributed by atoms with Crippen LogP contribution in [-0.4, -0.2) is 53.0 Å². The molecule has 30 heavy (non-hydrogen) atoms. The molecule has 0 aliphatic carbocycles. The monoisotopic (exact) mass is 411 g/mol. The molecule has 1 N–H and O–H groups in total. The van der Waals surface area contributed by atoms with E-state index in [1.807, 2.05) is 48.7 Å². The third-order valence-corrected chi connectivity index (χ3v) is 5.80. The Morgan fingerprint density at radius 1 is 1.17 bits per heavy atom. The first-order valence-electron chi connectivity index (χ1n) is 10.1. The highest BCUT2D eigenvalue weighted by Gasteiger charge is 2.47. The predicted molar refractivity (Wildman–Crippen MR) is 114 cm³/mol. The first-order chi connectivity index (χ1) is 14.3. The van der Waals surface area contributed by atoms with Crippen LogP contribution in [0.1, 0.15) is 40.7 Å². The standard InChI is InChI=1S/C23H29N3O4/c1-16-14-19(17(2)25(16)12-13-30-4)20(27)15-26-21(28)23(3,24-22(26)29)11-10-18-8-6-5-7-9-18/h5-9,14H,10-13,15H2,1-4H3,(H,24,29)/t23-/m0/s1. The number of carbonyl (C=O) groups excluding carboxylic acids is 3. The summed E-state index contributed by atoms with van der Waals surface area (Å²) >= 11 is 0. The highest BCUT2D eigenvalue weighted by Crippen LogP contribution is 2.24. The average Bonchev–Trinajstić information content (AvgIpc) is 3.13. The lowest BCUT2D eigenvalue weighted by molar-refractivity contribution is -0.130. The summed E-state index contributed by atoms with van der Waals surface area (Å²) in [5.74, 6) is -0.604. The minimum atomic E-state index is -1.01. The topological polar surface area (TPSA) is 80.6 Å². The van der Waals surface area contributed by atoms with E-state index in [2.05, 4.69) is 5.32 Å². The van der Waals surface area contributed by atoms with Crippen LogP contribution in [-0.2, 0) is 22.5 Å². The number of benzene rings is 1. The van der Waals surface area contributed by atoms with Gasteiger partial charge in [-0.15, -0.1) is 0 Å². The molecule has 7 heteroatoms. The molecule has 2 aromatic rings. The number of ketones is 1. The second-order valence-electron chi connectivity index (χ2n) is 7.99. The Hall–Kier alpha value is -2.93. The van der Waals surface area contributed by atoms with Gasteiger partial charge in [-0.2, -0.15) is 0 Å². The molecular formula is C23H29N3O4. The van der Waals surface area contributed by atoms with Crippen molar-refractivity contribution in [2.45, 2.75) is 45.7 Å². The van der Waals surface area contributed by atoms with Crippen molar-refractivity contribution in [3.8, 4) is 0 Å². The van der Waals surface area contributed by atoms with Gasteiger partial charge in [0.15, 0.2) is 5.78 Å². The SMILES string of the molecule is COCCn1c(C)cc(C(=O)CN2C(=O)N[C@@](C)(CCc3ccccc3)C2=O)c1C. The number of nitrogens with one attached hydrogen (secondary N) is 1. The molecule has 1 atom stereocenters. The third-order valence-electron chi connectivity index (χ3n) is 5.80. The molecular weight excluding hydrogens is 382 g/mol. The van der Waals surface area contributed by atoms with E-state index in [0.717, 1.165) is 21.9 Å². The third kappa shape index (κ3) is 4.31. The van der Waals surface area contributed by atoms with E-state index in [1.54, 1.807) is 20.1 Å². The Morgan fingerprint density at radius 2 is 1.87 bits per heavy atom. The molecule has 1 fully saturated rings. The van der Waals surface area contributed by atoms with E-state index in [-0.39, 0.29) is 18.2 Å². The lowest BCUT2D eigenvalue weighted by atomic mass is 9.93. The number of carbonyl (C=O) groups is 3. The maximum absolute atomic E-state index is 13.0.